The van der Waals surface area contributed by atoms with Gasteiger partial charge >= 0.3 is 0 Å². The first kappa shape index (κ1) is 19.2. The number of aromatic nitrogens is 3. The summed E-state index contributed by atoms with van der Waals surface area (Å²) in [7, 11) is 0. The minimum Gasteiger partial charge on any atom is -0.378 e. The monoisotopic (exact) mass is 394 g/mol. The van der Waals surface area contributed by atoms with E-state index in [9.17, 15) is 4.79 Å². The van der Waals surface area contributed by atoms with Crippen molar-refractivity contribution >= 4 is 23.1 Å². The summed E-state index contributed by atoms with van der Waals surface area (Å²) in [6.45, 7) is 7.86. The molecule has 0 spiro atoms. The van der Waals surface area contributed by atoms with E-state index in [0.29, 0.717) is 23.6 Å². The topological polar surface area (TPSA) is 83.8 Å². The second-order valence-electron chi connectivity index (χ2n) is 7.39. The van der Waals surface area contributed by atoms with Crippen LogP contribution in [0.15, 0.2) is 42.7 Å². The Labute approximate surface area is 169 Å². The Morgan fingerprint density at radius 1 is 1.24 bits per heavy atom. The molecule has 8 nitrogen and oxygen atoms in total. The van der Waals surface area contributed by atoms with Crippen LogP contribution in [-0.4, -0.2) is 52.9 Å². The lowest BCUT2D eigenvalue weighted by Crippen LogP contribution is -2.36. The minimum atomic E-state index is -0.169. The van der Waals surface area contributed by atoms with Gasteiger partial charge in [-0.1, -0.05) is 12.1 Å². The third-order valence-electron chi connectivity index (χ3n) is 4.79. The highest BCUT2D eigenvalue weighted by Gasteiger charge is 2.15. The molecule has 2 N–H and O–H groups in total. The number of ether oxygens (including phenoxy) is 1. The molecule has 4 rings (SSSR count). The van der Waals surface area contributed by atoms with Gasteiger partial charge in [-0.05, 0) is 37.6 Å². The highest BCUT2D eigenvalue weighted by atomic mass is 16.5. The van der Waals surface area contributed by atoms with Crippen molar-refractivity contribution in [3.8, 4) is 0 Å². The number of benzene rings is 1. The van der Waals surface area contributed by atoms with E-state index < -0.39 is 0 Å². The molecule has 0 bridgehead atoms. The Bertz CT molecular complexity index is 994. The van der Waals surface area contributed by atoms with E-state index >= 15 is 0 Å². The molecule has 1 aromatic carbocycles. The number of carbonyl (C=O) groups is 1. The van der Waals surface area contributed by atoms with E-state index in [-0.39, 0.29) is 11.9 Å². The summed E-state index contributed by atoms with van der Waals surface area (Å²) < 4.78 is 7.05. The third kappa shape index (κ3) is 4.48. The summed E-state index contributed by atoms with van der Waals surface area (Å²) in [6.07, 6.45) is 3.36. The zero-order valence-corrected chi connectivity index (χ0v) is 16.8. The second-order valence-corrected chi connectivity index (χ2v) is 7.39. The van der Waals surface area contributed by atoms with Crippen LogP contribution >= 0.6 is 0 Å². The molecule has 0 aliphatic carbocycles. The number of anilines is 2. The molecule has 3 aromatic rings. The second kappa shape index (κ2) is 8.48. The van der Waals surface area contributed by atoms with Gasteiger partial charge in [0.05, 0.1) is 19.4 Å². The van der Waals surface area contributed by atoms with Crippen molar-refractivity contribution in [2.45, 2.75) is 26.4 Å². The molecule has 3 heterocycles. The molecule has 1 aliphatic rings. The Kier molecular flexibility index (Phi) is 5.62. The Balaban J connectivity index is 1.48. The van der Waals surface area contributed by atoms with Crippen LogP contribution in [0.3, 0.4) is 0 Å². The molecule has 0 atom stereocenters. The van der Waals surface area contributed by atoms with Gasteiger partial charge in [0.2, 0.25) is 0 Å². The van der Waals surface area contributed by atoms with E-state index in [1.54, 1.807) is 16.9 Å². The van der Waals surface area contributed by atoms with Gasteiger partial charge in [0, 0.05) is 37.6 Å². The predicted octanol–water partition coefficient (Wildman–Crippen LogP) is 2.32. The number of fused-ring (bicyclic) bond motifs is 1. The average Bonchev–Trinajstić information content (AvgIpc) is 3.16. The molecule has 2 aromatic heterocycles. The number of hydrogen-bond donors (Lipinski definition) is 2. The fourth-order valence-corrected chi connectivity index (χ4v) is 3.34. The summed E-state index contributed by atoms with van der Waals surface area (Å²) in [5, 5.41) is 10.5. The highest BCUT2D eigenvalue weighted by molar-refractivity contribution is 5.99. The Hall–Kier alpha value is -3.13. The van der Waals surface area contributed by atoms with Gasteiger partial charge in [0.25, 0.3) is 5.91 Å². The number of amides is 1. The number of carbonyl (C=O) groups excluding carboxylic acids is 1. The van der Waals surface area contributed by atoms with Crippen LogP contribution in [0.4, 0.5) is 11.5 Å². The predicted molar refractivity (Wildman–Crippen MR) is 112 cm³/mol. The lowest BCUT2D eigenvalue weighted by atomic mass is 10.1. The standard InChI is InChI=1S/C21H26N6O2/c1-15(2)24-21(28)18-14-23-27-7-6-19(25-20(18)27)22-13-16-4-3-5-17(12-16)26-8-10-29-11-9-26/h3-7,12,14-15H,8-11,13H2,1-2H3,(H,22,25)(H,24,28). The normalized spacial score (nSPS) is 14.4. The van der Waals surface area contributed by atoms with Crippen molar-refractivity contribution in [2.75, 3.05) is 36.5 Å². The first-order valence-corrected chi connectivity index (χ1v) is 9.91. The molecule has 0 unspecified atom stereocenters. The van der Waals surface area contributed by atoms with Gasteiger partial charge in [-0.15, -0.1) is 0 Å². The molecule has 1 saturated heterocycles. The van der Waals surface area contributed by atoms with Crippen LogP contribution in [0.5, 0.6) is 0 Å². The number of nitrogens with one attached hydrogen (secondary N) is 2. The van der Waals surface area contributed by atoms with E-state index in [1.807, 2.05) is 19.9 Å². The fourth-order valence-electron chi connectivity index (χ4n) is 3.34. The molecule has 1 amide bonds. The maximum absolute atomic E-state index is 12.4. The van der Waals surface area contributed by atoms with Crippen molar-refractivity contribution in [2.24, 2.45) is 0 Å². The van der Waals surface area contributed by atoms with Crippen LogP contribution in [0, 0.1) is 0 Å². The first-order chi connectivity index (χ1) is 14.1. The highest BCUT2D eigenvalue weighted by Crippen LogP contribution is 2.19. The Morgan fingerprint density at radius 2 is 2.07 bits per heavy atom. The van der Waals surface area contributed by atoms with Crippen LogP contribution in [0.2, 0.25) is 0 Å². The summed E-state index contributed by atoms with van der Waals surface area (Å²) in [6, 6.07) is 10.4. The quantitative estimate of drug-likeness (QED) is 0.668. The molecule has 29 heavy (non-hydrogen) atoms. The Morgan fingerprint density at radius 3 is 2.86 bits per heavy atom. The van der Waals surface area contributed by atoms with Gasteiger partial charge in [0.15, 0.2) is 5.65 Å². The summed E-state index contributed by atoms with van der Waals surface area (Å²) in [4.78, 5) is 19.3. The van der Waals surface area contributed by atoms with Crippen LogP contribution in [0.25, 0.3) is 5.65 Å². The van der Waals surface area contributed by atoms with Crippen molar-refractivity contribution < 1.29 is 9.53 Å². The van der Waals surface area contributed by atoms with Gasteiger partial charge in [-0.3, -0.25) is 4.79 Å². The molecule has 1 aliphatic heterocycles. The molecule has 0 saturated carbocycles. The lowest BCUT2D eigenvalue weighted by molar-refractivity contribution is 0.0944. The van der Waals surface area contributed by atoms with Crippen molar-refractivity contribution in [3.05, 3.63) is 53.9 Å². The van der Waals surface area contributed by atoms with Gasteiger partial charge in [-0.25, -0.2) is 9.50 Å². The smallest absolute Gasteiger partial charge is 0.256 e. The number of morpholine rings is 1. The van der Waals surface area contributed by atoms with Crippen molar-refractivity contribution in [1.29, 1.82) is 0 Å². The third-order valence-corrected chi connectivity index (χ3v) is 4.79. The SMILES string of the molecule is CC(C)NC(=O)c1cnn2ccc(NCc3cccc(N4CCOCC4)c3)nc12. The average molecular weight is 394 g/mol. The van der Waals surface area contributed by atoms with Crippen molar-refractivity contribution in [1.82, 2.24) is 19.9 Å². The fraction of sp³-hybridized carbons (Fsp3) is 0.381. The number of rotatable bonds is 6. The van der Waals surface area contributed by atoms with E-state index in [1.165, 1.54) is 11.3 Å². The molecular weight excluding hydrogens is 368 g/mol. The molecule has 0 radical (unpaired) electrons. The van der Waals surface area contributed by atoms with E-state index in [0.717, 1.165) is 26.3 Å². The minimum absolute atomic E-state index is 0.0532. The summed E-state index contributed by atoms with van der Waals surface area (Å²) in [5.41, 5.74) is 3.38. The maximum Gasteiger partial charge on any atom is 0.256 e. The molecule has 152 valence electrons. The largest absolute Gasteiger partial charge is 0.378 e. The zero-order valence-electron chi connectivity index (χ0n) is 16.8. The van der Waals surface area contributed by atoms with Crippen LogP contribution < -0.4 is 15.5 Å². The first-order valence-electron chi connectivity index (χ1n) is 9.91. The van der Waals surface area contributed by atoms with Gasteiger partial charge < -0.3 is 20.3 Å². The number of hydrogen-bond acceptors (Lipinski definition) is 6. The van der Waals surface area contributed by atoms with E-state index in [2.05, 4.69) is 49.9 Å². The van der Waals surface area contributed by atoms with Gasteiger partial charge in [0.1, 0.15) is 11.4 Å². The zero-order chi connectivity index (χ0) is 20.2. The lowest BCUT2D eigenvalue weighted by Gasteiger charge is -2.29. The summed E-state index contributed by atoms with van der Waals surface area (Å²) >= 11 is 0. The van der Waals surface area contributed by atoms with Gasteiger partial charge in [-0.2, -0.15) is 5.10 Å². The van der Waals surface area contributed by atoms with Crippen molar-refractivity contribution in [3.63, 3.8) is 0 Å². The molecule has 8 heteroatoms. The van der Waals surface area contributed by atoms with Crippen LogP contribution in [-0.2, 0) is 11.3 Å². The van der Waals surface area contributed by atoms with E-state index in [4.69, 9.17) is 4.74 Å². The maximum atomic E-state index is 12.4. The summed E-state index contributed by atoms with van der Waals surface area (Å²) in [5.74, 6) is 0.534. The number of nitrogens with zero attached hydrogens (tertiary/aromatic N) is 4. The molecular formula is C21H26N6O2. The van der Waals surface area contributed by atoms with Crippen LogP contribution in [0.1, 0.15) is 29.8 Å². The molecule has 1 fully saturated rings.